The number of benzene rings is 1. The first-order valence-electron chi connectivity index (χ1n) is 5.87. The second-order valence-electron chi connectivity index (χ2n) is 4.01. The maximum atomic E-state index is 5.96. The van der Waals surface area contributed by atoms with Gasteiger partial charge in [-0.3, -0.25) is 0 Å². The van der Waals surface area contributed by atoms with Crippen LogP contribution in [0.1, 0.15) is 5.56 Å². The Hall–Kier alpha value is -1.92. The summed E-state index contributed by atoms with van der Waals surface area (Å²) in [6.45, 7) is 2.04. The summed E-state index contributed by atoms with van der Waals surface area (Å²) in [6, 6.07) is 9.83. The van der Waals surface area contributed by atoms with E-state index in [1.807, 2.05) is 31.2 Å². The zero-order valence-corrected chi connectivity index (χ0v) is 12.1. The molecule has 0 aliphatic heterocycles. The lowest BCUT2D eigenvalue weighted by atomic mass is 10.2. The van der Waals surface area contributed by atoms with Crippen LogP contribution < -0.4 is 0 Å². The van der Waals surface area contributed by atoms with Gasteiger partial charge in [0.15, 0.2) is 5.16 Å². The largest absolute Gasteiger partial charge is 0.255 e. The molecule has 0 fully saturated rings. The number of rotatable bonds is 3. The van der Waals surface area contributed by atoms with Crippen molar-refractivity contribution in [2.24, 2.45) is 0 Å². The summed E-state index contributed by atoms with van der Waals surface area (Å²) < 4.78 is 1.55. The maximum absolute atomic E-state index is 5.96. The first-order valence-corrected chi connectivity index (χ1v) is 7.07. The van der Waals surface area contributed by atoms with Crippen molar-refractivity contribution in [3.05, 3.63) is 53.6 Å². The molecule has 0 radical (unpaired) electrons. The summed E-state index contributed by atoms with van der Waals surface area (Å²) in [5.41, 5.74) is 1.16. The molecular formula is C13H10ClN5S. The van der Waals surface area contributed by atoms with Gasteiger partial charge in [0, 0.05) is 17.3 Å². The Kier molecular flexibility index (Phi) is 3.66. The molecule has 0 unspecified atom stereocenters. The molecule has 0 aliphatic carbocycles. The fraction of sp³-hybridized carbons (Fsp3) is 0.0769. The molecule has 3 aromatic rings. The van der Waals surface area contributed by atoms with E-state index in [2.05, 4.69) is 20.1 Å². The topological polar surface area (TPSA) is 56.5 Å². The van der Waals surface area contributed by atoms with Crippen molar-refractivity contribution < 1.29 is 0 Å². The molecule has 1 aromatic carbocycles. The zero-order chi connectivity index (χ0) is 13.9. The average molecular weight is 304 g/mol. The summed E-state index contributed by atoms with van der Waals surface area (Å²) >= 11 is 7.41. The number of hydrogen-bond acceptors (Lipinski definition) is 5. The van der Waals surface area contributed by atoms with Crippen LogP contribution in [0.5, 0.6) is 0 Å². The normalized spacial score (nSPS) is 10.7. The maximum Gasteiger partial charge on any atom is 0.255 e. The molecule has 5 nitrogen and oxygen atoms in total. The van der Waals surface area contributed by atoms with Gasteiger partial charge in [-0.1, -0.05) is 18.2 Å². The SMILES string of the molecule is Cc1ccccc1Sc1nc(Cl)nc(-n2cccn2)n1. The van der Waals surface area contributed by atoms with E-state index >= 15 is 0 Å². The van der Waals surface area contributed by atoms with Crippen LogP contribution in [-0.4, -0.2) is 24.7 Å². The molecule has 3 rings (SSSR count). The van der Waals surface area contributed by atoms with Crippen LogP contribution in [0.15, 0.2) is 52.8 Å². The molecule has 0 aliphatic rings. The van der Waals surface area contributed by atoms with E-state index in [0.29, 0.717) is 11.1 Å². The van der Waals surface area contributed by atoms with Crippen molar-refractivity contribution in [2.75, 3.05) is 0 Å². The number of aromatic nitrogens is 5. The van der Waals surface area contributed by atoms with Crippen molar-refractivity contribution in [3.8, 4) is 5.95 Å². The minimum Gasteiger partial charge on any atom is -0.206 e. The molecule has 20 heavy (non-hydrogen) atoms. The highest BCUT2D eigenvalue weighted by Crippen LogP contribution is 2.28. The van der Waals surface area contributed by atoms with Crippen LogP contribution in [0.3, 0.4) is 0 Å². The van der Waals surface area contributed by atoms with Gasteiger partial charge in [0.25, 0.3) is 5.95 Å². The Morgan fingerprint density at radius 3 is 2.70 bits per heavy atom. The van der Waals surface area contributed by atoms with E-state index in [0.717, 1.165) is 10.5 Å². The van der Waals surface area contributed by atoms with Crippen molar-refractivity contribution in [1.29, 1.82) is 0 Å². The van der Waals surface area contributed by atoms with Gasteiger partial charge in [0.1, 0.15) is 0 Å². The molecular weight excluding hydrogens is 294 g/mol. The summed E-state index contributed by atoms with van der Waals surface area (Å²) in [7, 11) is 0. The van der Waals surface area contributed by atoms with Gasteiger partial charge in [0.2, 0.25) is 5.28 Å². The Balaban J connectivity index is 1.97. The van der Waals surface area contributed by atoms with Crippen LogP contribution >= 0.6 is 23.4 Å². The van der Waals surface area contributed by atoms with E-state index in [-0.39, 0.29) is 5.28 Å². The lowest BCUT2D eigenvalue weighted by molar-refractivity contribution is 0.758. The second-order valence-corrected chi connectivity index (χ2v) is 5.35. The average Bonchev–Trinajstić information content (AvgIpc) is 2.95. The van der Waals surface area contributed by atoms with Gasteiger partial charge in [-0.2, -0.15) is 20.1 Å². The highest BCUT2D eigenvalue weighted by molar-refractivity contribution is 7.99. The standard InChI is InChI=1S/C13H10ClN5S/c1-9-5-2-3-6-10(9)20-13-17-11(14)16-12(18-13)19-8-4-7-15-19/h2-8H,1H3. The fourth-order valence-electron chi connectivity index (χ4n) is 1.63. The zero-order valence-electron chi connectivity index (χ0n) is 10.6. The van der Waals surface area contributed by atoms with Crippen molar-refractivity contribution in [1.82, 2.24) is 24.7 Å². The second kappa shape index (κ2) is 5.60. The van der Waals surface area contributed by atoms with Gasteiger partial charge in [-0.05, 0) is 48.0 Å². The van der Waals surface area contributed by atoms with Crippen LogP contribution in [0.25, 0.3) is 5.95 Å². The minimum atomic E-state index is 0.154. The molecule has 0 amide bonds. The molecule has 2 aromatic heterocycles. The van der Waals surface area contributed by atoms with Gasteiger partial charge < -0.3 is 0 Å². The van der Waals surface area contributed by atoms with E-state index in [9.17, 15) is 0 Å². The van der Waals surface area contributed by atoms with Gasteiger partial charge in [0.05, 0.1) is 0 Å². The van der Waals surface area contributed by atoms with E-state index in [4.69, 9.17) is 11.6 Å². The molecule has 0 bridgehead atoms. The third-order valence-electron chi connectivity index (χ3n) is 2.58. The summed E-state index contributed by atoms with van der Waals surface area (Å²) in [6.07, 6.45) is 3.42. The first kappa shape index (κ1) is 13.1. The minimum absolute atomic E-state index is 0.154. The van der Waals surface area contributed by atoms with Gasteiger partial charge >= 0.3 is 0 Å². The van der Waals surface area contributed by atoms with E-state index in [1.54, 1.807) is 23.1 Å². The Morgan fingerprint density at radius 2 is 1.95 bits per heavy atom. The smallest absolute Gasteiger partial charge is 0.206 e. The third-order valence-corrected chi connectivity index (χ3v) is 3.79. The van der Waals surface area contributed by atoms with Crippen LogP contribution in [0.2, 0.25) is 5.28 Å². The van der Waals surface area contributed by atoms with E-state index < -0.39 is 0 Å². The molecule has 0 saturated carbocycles. The van der Waals surface area contributed by atoms with Gasteiger partial charge in [-0.15, -0.1) is 0 Å². The number of aryl methyl sites for hydroxylation is 1. The highest BCUT2D eigenvalue weighted by Gasteiger charge is 2.09. The number of halogens is 1. The van der Waals surface area contributed by atoms with Crippen LogP contribution in [-0.2, 0) is 0 Å². The Morgan fingerprint density at radius 1 is 1.10 bits per heavy atom. The van der Waals surface area contributed by atoms with Crippen LogP contribution in [0.4, 0.5) is 0 Å². The van der Waals surface area contributed by atoms with Crippen molar-refractivity contribution >= 4 is 23.4 Å². The lowest BCUT2D eigenvalue weighted by Crippen LogP contribution is -2.04. The van der Waals surface area contributed by atoms with E-state index in [1.165, 1.54) is 11.8 Å². The van der Waals surface area contributed by atoms with Crippen molar-refractivity contribution in [2.45, 2.75) is 17.0 Å². The molecule has 100 valence electrons. The summed E-state index contributed by atoms with van der Waals surface area (Å²) in [5, 5.41) is 4.79. The number of hydrogen-bond donors (Lipinski definition) is 0. The lowest BCUT2D eigenvalue weighted by Gasteiger charge is -2.05. The third kappa shape index (κ3) is 2.81. The monoisotopic (exact) mass is 303 g/mol. The Bertz CT molecular complexity index is 729. The molecule has 0 saturated heterocycles. The Labute approximate surface area is 125 Å². The highest BCUT2D eigenvalue weighted by atomic mass is 35.5. The molecule has 7 heteroatoms. The predicted octanol–water partition coefficient (Wildman–Crippen LogP) is 3.17. The van der Waals surface area contributed by atoms with Crippen molar-refractivity contribution in [3.63, 3.8) is 0 Å². The molecule has 2 heterocycles. The predicted molar refractivity (Wildman–Crippen MR) is 77.3 cm³/mol. The molecule has 0 atom stereocenters. The van der Waals surface area contributed by atoms with Crippen LogP contribution in [0, 0.1) is 6.92 Å². The van der Waals surface area contributed by atoms with Gasteiger partial charge in [-0.25, -0.2) is 4.68 Å². The quantitative estimate of drug-likeness (QED) is 0.744. The fourth-order valence-corrected chi connectivity index (χ4v) is 2.66. The summed E-state index contributed by atoms with van der Waals surface area (Å²) in [5.74, 6) is 0.408. The molecule has 0 N–H and O–H groups in total. The summed E-state index contributed by atoms with van der Waals surface area (Å²) in [4.78, 5) is 13.7. The number of nitrogens with zero attached hydrogens (tertiary/aromatic N) is 5. The first-order chi connectivity index (χ1) is 9.72. The molecule has 0 spiro atoms.